The molecular weight excluding hydrogens is 226 g/mol. The zero-order valence-electron chi connectivity index (χ0n) is 9.53. The van der Waals surface area contributed by atoms with E-state index in [-0.39, 0.29) is 10.5 Å². The Bertz CT molecular complexity index is 404. The molecule has 1 heterocycles. The number of carboxylic acid groups (broad SMARTS) is 1. The molecule has 0 atom stereocenters. The van der Waals surface area contributed by atoms with Crippen LogP contribution in [0.25, 0.3) is 5.70 Å². The van der Waals surface area contributed by atoms with Crippen LogP contribution in [0, 0.1) is 0 Å². The second kappa shape index (κ2) is 4.67. The van der Waals surface area contributed by atoms with Crippen molar-refractivity contribution in [3.8, 4) is 0 Å². The second-order valence-electron chi connectivity index (χ2n) is 4.26. The summed E-state index contributed by atoms with van der Waals surface area (Å²) >= 11 is 1.16. The molecule has 0 aliphatic heterocycles. The predicted molar refractivity (Wildman–Crippen MR) is 64.3 cm³/mol. The van der Waals surface area contributed by atoms with E-state index in [2.05, 4.69) is 12.1 Å². The van der Waals surface area contributed by atoms with E-state index in [9.17, 15) is 4.79 Å². The van der Waals surface area contributed by atoms with Crippen molar-refractivity contribution in [2.24, 2.45) is 0 Å². The first kappa shape index (κ1) is 12.7. The third-order valence-electron chi connectivity index (χ3n) is 1.59. The Morgan fingerprint density at radius 2 is 2.00 bits per heavy atom. The SMILES string of the molecule is C=C(NOC(C)(C)C)c1ccc(C(=O)O)s1. The van der Waals surface area contributed by atoms with Gasteiger partial charge in [-0.25, -0.2) is 4.79 Å². The molecule has 0 bridgehead atoms. The lowest BCUT2D eigenvalue weighted by Gasteiger charge is -2.20. The molecule has 1 aromatic rings. The van der Waals surface area contributed by atoms with Crippen LogP contribution in [0.3, 0.4) is 0 Å². The van der Waals surface area contributed by atoms with Gasteiger partial charge in [-0.15, -0.1) is 11.3 Å². The summed E-state index contributed by atoms with van der Waals surface area (Å²) in [5.41, 5.74) is 2.95. The minimum absolute atomic E-state index is 0.286. The van der Waals surface area contributed by atoms with Crippen LogP contribution < -0.4 is 5.48 Å². The topological polar surface area (TPSA) is 58.6 Å². The minimum atomic E-state index is -0.930. The summed E-state index contributed by atoms with van der Waals surface area (Å²) in [6.45, 7) is 9.50. The van der Waals surface area contributed by atoms with Crippen LogP contribution in [0.4, 0.5) is 0 Å². The molecule has 5 heteroatoms. The number of nitrogens with one attached hydrogen (secondary N) is 1. The average molecular weight is 241 g/mol. The van der Waals surface area contributed by atoms with Crippen LogP contribution in [0.15, 0.2) is 18.7 Å². The highest BCUT2D eigenvalue weighted by atomic mass is 32.1. The summed E-state index contributed by atoms with van der Waals surface area (Å²) in [6, 6.07) is 3.25. The molecule has 0 radical (unpaired) electrons. The molecule has 0 fully saturated rings. The maximum absolute atomic E-state index is 10.7. The zero-order valence-corrected chi connectivity index (χ0v) is 10.4. The van der Waals surface area contributed by atoms with E-state index in [4.69, 9.17) is 9.94 Å². The van der Waals surface area contributed by atoms with Gasteiger partial charge in [0.1, 0.15) is 4.88 Å². The molecular formula is C11H15NO3S. The van der Waals surface area contributed by atoms with Crippen molar-refractivity contribution in [1.29, 1.82) is 0 Å². The van der Waals surface area contributed by atoms with Gasteiger partial charge in [-0.3, -0.25) is 10.3 Å². The monoisotopic (exact) mass is 241 g/mol. The van der Waals surface area contributed by atoms with E-state index in [0.717, 1.165) is 16.2 Å². The van der Waals surface area contributed by atoms with Gasteiger partial charge in [-0.05, 0) is 32.9 Å². The lowest BCUT2D eigenvalue weighted by atomic mass is 10.2. The van der Waals surface area contributed by atoms with Gasteiger partial charge in [0.15, 0.2) is 0 Å². The van der Waals surface area contributed by atoms with Crippen molar-refractivity contribution in [2.75, 3.05) is 0 Å². The number of hydrogen-bond donors (Lipinski definition) is 2. The van der Waals surface area contributed by atoms with Crippen LogP contribution in [-0.2, 0) is 4.84 Å². The van der Waals surface area contributed by atoms with E-state index >= 15 is 0 Å². The quantitative estimate of drug-likeness (QED) is 0.796. The smallest absolute Gasteiger partial charge is 0.345 e. The number of aromatic carboxylic acids is 1. The third kappa shape index (κ3) is 3.67. The maximum Gasteiger partial charge on any atom is 0.345 e. The molecule has 0 aliphatic carbocycles. The Labute approximate surface area is 98.5 Å². The van der Waals surface area contributed by atoms with Gasteiger partial charge in [-0.1, -0.05) is 6.58 Å². The van der Waals surface area contributed by atoms with Gasteiger partial charge in [0.25, 0.3) is 0 Å². The Balaban J connectivity index is 2.63. The molecule has 0 aliphatic rings. The minimum Gasteiger partial charge on any atom is -0.477 e. The largest absolute Gasteiger partial charge is 0.477 e. The molecule has 0 amide bonds. The van der Waals surface area contributed by atoms with E-state index in [1.54, 1.807) is 12.1 Å². The van der Waals surface area contributed by atoms with Crippen molar-refractivity contribution < 1.29 is 14.7 Å². The first-order valence-corrected chi connectivity index (χ1v) is 5.57. The van der Waals surface area contributed by atoms with Gasteiger partial charge >= 0.3 is 5.97 Å². The average Bonchev–Trinajstić information content (AvgIpc) is 2.61. The molecule has 0 unspecified atom stereocenters. The number of hydroxylamine groups is 1. The first-order chi connectivity index (χ1) is 7.29. The van der Waals surface area contributed by atoms with Crippen LogP contribution in [0.1, 0.15) is 35.3 Å². The summed E-state index contributed by atoms with van der Waals surface area (Å²) in [6.07, 6.45) is 0. The van der Waals surface area contributed by atoms with Crippen molar-refractivity contribution >= 4 is 23.0 Å². The Morgan fingerprint density at radius 1 is 1.44 bits per heavy atom. The molecule has 1 aromatic heterocycles. The summed E-state index contributed by atoms with van der Waals surface area (Å²) < 4.78 is 0. The molecule has 2 N–H and O–H groups in total. The van der Waals surface area contributed by atoms with Crippen molar-refractivity contribution in [1.82, 2.24) is 5.48 Å². The first-order valence-electron chi connectivity index (χ1n) is 4.76. The summed E-state index contributed by atoms with van der Waals surface area (Å²) in [5, 5.41) is 8.77. The second-order valence-corrected chi connectivity index (χ2v) is 5.35. The molecule has 88 valence electrons. The van der Waals surface area contributed by atoms with Crippen LogP contribution in [0.2, 0.25) is 0 Å². The van der Waals surface area contributed by atoms with E-state index in [1.807, 2.05) is 20.8 Å². The van der Waals surface area contributed by atoms with E-state index < -0.39 is 5.97 Å². The van der Waals surface area contributed by atoms with E-state index in [0.29, 0.717) is 5.70 Å². The van der Waals surface area contributed by atoms with Gasteiger partial charge in [0.2, 0.25) is 0 Å². The molecule has 0 spiro atoms. The van der Waals surface area contributed by atoms with Crippen LogP contribution in [-0.4, -0.2) is 16.7 Å². The fourth-order valence-corrected chi connectivity index (χ4v) is 1.64. The lowest BCUT2D eigenvalue weighted by molar-refractivity contribution is -0.0468. The zero-order chi connectivity index (χ0) is 12.3. The van der Waals surface area contributed by atoms with Gasteiger partial charge in [0.05, 0.1) is 16.2 Å². The standard InChI is InChI=1S/C11H15NO3S/c1-7(12-15-11(2,3)4)8-5-6-9(16-8)10(13)14/h5-6,12H,1H2,2-4H3,(H,13,14). The Hall–Kier alpha value is -1.33. The third-order valence-corrected chi connectivity index (χ3v) is 2.73. The molecule has 0 saturated carbocycles. The van der Waals surface area contributed by atoms with Gasteiger partial charge in [-0.2, -0.15) is 0 Å². The molecule has 0 saturated heterocycles. The van der Waals surface area contributed by atoms with Crippen LogP contribution in [0.5, 0.6) is 0 Å². The predicted octanol–water partition coefficient (Wildman–Crippen LogP) is 2.74. The number of thiophene rings is 1. The van der Waals surface area contributed by atoms with Gasteiger partial charge in [0, 0.05) is 0 Å². The number of rotatable bonds is 4. The summed E-state index contributed by atoms with van der Waals surface area (Å²) in [5.74, 6) is -0.930. The lowest BCUT2D eigenvalue weighted by Crippen LogP contribution is -2.27. The van der Waals surface area contributed by atoms with Crippen LogP contribution >= 0.6 is 11.3 Å². The van der Waals surface area contributed by atoms with Crippen molar-refractivity contribution in [2.45, 2.75) is 26.4 Å². The molecule has 1 rings (SSSR count). The fourth-order valence-electron chi connectivity index (χ4n) is 0.880. The summed E-state index contributed by atoms with van der Waals surface area (Å²) in [7, 11) is 0. The Morgan fingerprint density at radius 3 is 2.44 bits per heavy atom. The number of hydrogen-bond acceptors (Lipinski definition) is 4. The number of carboxylic acids is 1. The highest BCUT2D eigenvalue weighted by molar-refractivity contribution is 7.14. The fraction of sp³-hybridized carbons (Fsp3) is 0.364. The normalized spacial score (nSPS) is 11.2. The van der Waals surface area contributed by atoms with Crippen molar-refractivity contribution in [3.63, 3.8) is 0 Å². The number of carbonyl (C=O) groups is 1. The van der Waals surface area contributed by atoms with E-state index in [1.165, 1.54) is 0 Å². The molecule has 0 aromatic carbocycles. The highest BCUT2D eigenvalue weighted by Crippen LogP contribution is 2.22. The maximum atomic E-state index is 10.7. The summed E-state index contributed by atoms with van der Waals surface area (Å²) in [4.78, 5) is 17.0. The Kier molecular flexibility index (Phi) is 3.72. The van der Waals surface area contributed by atoms with Gasteiger partial charge < -0.3 is 5.11 Å². The highest BCUT2D eigenvalue weighted by Gasteiger charge is 2.13. The van der Waals surface area contributed by atoms with Crippen molar-refractivity contribution in [3.05, 3.63) is 28.5 Å². The molecule has 4 nitrogen and oxygen atoms in total. The molecule has 16 heavy (non-hydrogen) atoms.